The Morgan fingerprint density at radius 2 is 1.50 bits per heavy atom. The summed E-state index contributed by atoms with van der Waals surface area (Å²) in [6.07, 6.45) is 0. The Kier molecular flexibility index (Phi) is 1.95. The molecular formula is C11H11FN2. The lowest BCUT2D eigenvalue weighted by atomic mass is 10.2. The minimum atomic E-state index is -0.304. The van der Waals surface area contributed by atoms with Crippen LogP contribution in [-0.4, -0.2) is 9.97 Å². The van der Waals surface area contributed by atoms with Crippen molar-refractivity contribution in [3.05, 3.63) is 34.9 Å². The quantitative estimate of drug-likeness (QED) is 0.638. The van der Waals surface area contributed by atoms with Crippen molar-refractivity contribution >= 4 is 11.0 Å². The van der Waals surface area contributed by atoms with Gasteiger partial charge in [-0.05, 0) is 32.4 Å². The van der Waals surface area contributed by atoms with E-state index < -0.39 is 0 Å². The van der Waals surface area contributed by atoms with E-state index in [1.165, 1.54) is 6.07 Å². The number of fused-ring (bicyclic) bond motifs is 1. The van der Waals surface area contributed by atoms with Gasteiger partial charge in [-0.15, -0.1) is 0 Å². The van der Waals surface area contributed by atoms with E-state index in [1.54, 1.807) is 6.07 Å². The molecule has 0 fully saturated rings. The average Bonchev–Trinajstić information content (AvgIpc) is 2.15. The number of benzene rings is 1. The number of hydrogen-bond acceptors (Lipinski definition) is 2. The monoisotopic (exact) mass is 190 g/mol. The van der Waals surface area contributed by atoms with Gasteiger partial charge in [0.1, 0.15) is 5.52 Å². The van der Waals surface area contributed by atoms with Crippen molar-refractivity contribution < 1.29 is 4.39 Å². The van der Waals surface area contributed by atoms with Crippen molar-refractivity contribution in [3.8, 4) is 0 Å². The molecule has 2 rings (SSSR count). The van der Waals surface area contributed by atoms with E-state index in [9.17, 15) is 4.39 Å². The van der Waals surface area contributed by atoms with Gasteiger partial charge in [0.05, 0.1) is 16.9 Å². The van der Waals surface area contributed by atoms with Crippen molar-refractivity contribution in [2.45, 2.75) is 20.8 Å². The summed E-state index contributed by atoms with van der Waals surface area (Å²) in [7, 11) is 0. The molecular weight excluding hydrogens is 179 g/mol. The molecule has 3 heteroatoms. The summed E-state index contributed by atoms with van der Waals surface area (Å²) in [5, 5.41) is 0. The zero-order chi connectivity index (χ0) is 10.3. The fraction of sp³-hybridized carbons (Fsp3) is 0.273. The van der Waals surface area contributed by atoms with Crippen molar-refractivity contribution in [2.24, 2.45) is 0 Å². The lowest BCUT2D eigenvalue weighted by molar-refractivity contribution is 0.635. The number of aromatic nitrogens is 2. The number of aryl methyl sites for hydroxylation is 3. The second-order valence-electron chi connectivity index (χ2n) is 3.46. The maximum Gasteiger partial charge on any atom is 0.151 e. The highest BCUT2D eigenvalue weighted by Crippen LogP contribution is 2.18. The second kappa shape index (κ2) is 3.01. The van der Waals surface area contributed by atoms with Crippen molar-refractivity contribution in [1.29, 1.82) is 0 Å². The van der Waals surface area contributed by atoms with Crippen LogP contribution in [-0.2, 0) is 0 Å². The van der Waals surface area contributed by atoms with Gasteiger partial charge < -0.3 is 0 Å². The lowest BCUT2D eigenvalue weighted by Crippen LogP contribution is -1.97. The zero-order valence-corrected chi connectivity index (χ0v) is 8.43. The lowest BCUT2D eigenvalue weighted by Gasteiger charge is -2.05. The molecule has 0 aliphatic heterocycles. The molecule has 0 aliphatic carbocycles. The minimum Gasteiger partial charge on any atom is -0.249 e. The van der Waals surface area contributed by atoms with Gasteiger partial charge in [0.2, 0.25) is 0 Å². The largest absolute Gasteiger partial charge is 0.249 e. The summed E-state index contributed by atoms with van der Waals surface area (Å²) >= 11 is 0. The third-order valence-electron chi connectivity index (χ3n) is 2.39. The Balaban J connectivity index is 2.94. The first kappa shape index (κ1) is 9.06. The summed E-state index contributed by atoms with van der Waals surface area (Å²) in [4.78, 5) is 8.53. The fourth-order valence-electron chi connectivity index (χ4n) is 1.40. The third kappa shape index (κ3) is 1.25. The van der Waals surface area contributed by atoms with E-state index in [1.807, 2.05) is 20.8 Å². The van der Waals surface area contributed by atoms with Crippen LogP contribution in [0.3, 0.4) is 0 Å². The van der Waals surface area contributed by atoms with Crippen LogP contribution in [0, 0.1) is 26.6 Å². The van der Waals surface area contributed by atoms with Gasteiger partial charge >= 0.3 is 0 Å². The maximum atomic E-state index is 13.4. The Labute approximate surface area is 81.8 Å². The molecule has 0 unspecified atom stereocenters. The SMILES string of the molecule is Cc1nc2c(C)ccc(F)c2nc1C. The summed E-state index contributed by atoms with van der Waals surface area (Å²) in [6.45, 7) is 5.63. The molecule has 0 spiro atoms. The van der Waals surface area contributed by atoms with E-state index in [2.05, 4.69) is 9.97 Å². The standard InChI is InChI=1S/C11H11FN2/c1-6-4-5-9(12)11-10(6)13-7(2)8(3)14-11/h4-5H,1-3H3. The van der Waals surface area contributed by atoms with E-state index in [0.717, 1.165) is 17.0 Å². The van der Waals surface area contributed by atoms with Crippen molar-refractivity contribution in [1.82, 2.24) is 9.97 Å². The van der Waals surface area contributed by atoms with E-state index in [0.29, 0.717) is 11.0 Å². The predicted molar refractivity (Wildman–Crippen MR) is 53.7 cm³/mol. The minimum absolute atomic E-state index is 0.304. The highest BCUT2D eigenvalue weighted by molar-refractivity contribution is 5.78. The Morgan fingerprint density at radius 3 is 2.14 bits per heavy atom. The zero-order valence-electron chi connectivity index (χ0n) is 8.43. The molecule has 72 valence electrons. The van der Waals surface area contributed by atoms with E-state index in [-0.39, 0.29) is 5.82 Å². The van der Waals surface area contributed by atoms with E-state index in [4.69, 9.17) is 0 Å². The smallest absolute Gasteiger partial charge is 0.151 e. The van der Waals surface area contributed by atoms with Crippen LogP contribution in [0.5, 0.6) is 0 Å². The Morgan fingerprint density at radius 1 is 0.929 bits per heavy atom. The Bertz CT molecular complexity index is 460. The Hall–Kier alpha value is -1.51. The van der Waals surface area contributed by atoms with Gasteiger partial charge in [-0.2, -0.15) is 0 Å². The van der Waals surface area contributed by atoms with Crippen molar-refractivity contribution in [3.63, 3.8) is 0 Å². The molecule has 0 bridgehead atoms. The van der Waals surface area contributed by atoms with Crippen LogP contribution in [0.1, 0.15) is 17.0 Å². The number of hydrogen-bond donors (Lipinski definition) is 0. The molecule has 0 saturated carbocycles. The first-order valence-electron chi connectivity index (χ1n) is 4.49. The van der Waals surface area contributed by atoms with Crippen LogP contribution in [0.25, 0.3) is 11.0 Å². The molecule has 1 aromatic carbocycles. The first-order valence-corrected chi connectivity index (χ1v) is 4.49. The highest BCUT2D eigenvalue weighted by atomic mass is 19.1. The van der Waals surface area contributed by atoms with Gasteiger partial charge in [-0.3, -0.25) is 0 Å². The molecule has 1 heterocycles. The topological polar surface area (TPSA) is 25.8 Å². The van der Waals surface area contributed by atoms with Gasteiger partial charge in [0.15, 0.2) is 5.82 Å². The molecule has 0 amide bonds. The molecule has 2 nitrogen and oxygen atoms in total. The molecule has 0 atom stereocenters. The van der Waals surface area contributed by atoms with Crippen LogP contribution < -0.4 is 0 Å². The third-order valence-corrected chi connectivity index (χ3v) is 2.39. The van der Waals surface area contributed by atoms with Crippen LogP contribution in [0.15, 0.2) is 12.1 Å². The van der Waals surface area contributed by atoms with Crippen LogP contribution >= 0.6 is 0 Å². The molecule has 2 aromatic rings. The first-order chi connectivity index (χ1) is 6.59. The summed E-state index contributed by atoms with van der Waals surface area (Å²) < 4.78 is 13.4. The number of nitrogens with zero attached hydrogens (tertiary/aromatic N) is 2. The molecule has 0 aliphatic rings. The molecule has 0 saturated heterocycles. The highest BCUT2D eigenvalue weighted by Gasteiger charge is 2.07. The van der Waals surface area contributed by atoms with Crippen LogP contribution in [0.4, 0.5) is 4.39 Å². The second-order valence-corrected chi connectivity index (χ2v) is 3.46. The number of rotatable bonds is 0. The molecule has 0 N–H and O–H groups in total. The molecule has 1 aromatic heterocycles. The van der Waals surface area contributed by atoms with E-state index >= 15 is 0 Å². The summed E-state index contributed by atoms with van der Waals surface area (Å²) in [5.41, 5.74) is 3.62. The fourth-order valence-corrected chi connectivity index (χ4v) is 1.40. The van der Waals surface area contributed by atoms with Gasteiger partial charge in [-0.25, -0.2) is 14.4 Å². The van der Waals surface area contributed by atoms with Gasteiger partial charge in [-0.1, -0.05) is 6.07 Å². The maximum absolute atomic E-state index is 13.4. The summed E-state index contributed by atoms with van der Waals surface area (Å²) in [6, 6.07) is 3.16. The van der Waals surface area contributed by atoms with Crippen LogP contribution in [0.2, 0.25) is 0 Å². The van der Waals surface area contributed by atoms with Crippen molar-refractivity contribution in [2.75, 3.05) is 0 Å². The number of halogens is 1. The van der Waals surface area contributed by atoms with Gasteiger partial charge in [0.25, 0.3) is 0 Å². The van der Waals surface area contributed by atoms with Gasteiger partial charge in [0, 0.05) is 0 Å². The summed E-state index contributed by atoms with van der Waals surface area (Å²) in [5.74, 6) is -0.304. The average molecular weight is 190 g/mol. The normalized spacial score (nSPS) is 10.9. The predicted octanol–water partition coefficient (Wildman–Crippen LogP) is 2.69. The molecule has 0 radical (unpaired) electrons. The molecule has 14 heavy (non-hydrogen) atoms.